The normalized spacial score (nSPS) is 11.6. The highest BCUT2D eigenvalue weighted by molar-refractivity contribution is 9.10. The van der Waals surface area contributed by atoms with Gasteiger partial charge in [0.25, 0.3) is 11.6 Å². The summed E-state index contributed by atoms with van der Waals surface area (Å²) >= 11 is 3.02. The minimum absolute atomic E-state index is 0.0139. The van der Waals surface area contributed by atoms with Crippen LogP contribution in [0, 0.1) is 10.1 Å². The lowest BCUT2D eigenvalue weighted by molar-refractivity contribution is -0.385. The van der Waals surface area contributed by atoms with Crippen LogP contribution in [-0.2, 0) is 9.53 Å². The minimum Gasteiger partial charge on any atom is -0.449 e. The Morgan fingerprint density at radius 1 is 1.48 bits per heavy atom. The summed E-state index contributed by atoms with van der Waals surface area (Å²) in [5.41, 5.74) is -0.229. The first-order valence-electron chi connectivity index (χ1n) is 6.29. The second-order valence-electron chi connectivity index (χ2n) is 4.26. The van der Waals surface area contributed by atoms with E-state index in [9.17, 15) is 19.7 Å². The summed E-state index contributed by atoms with van der Waals surface area (Å²) in [6.45, 7) is 3.83. The van der Waals surface area contributed by atoms with E-state index in [4.69, 9.17) is 4.74 Å². The van der Waals surface area contributed by atoms with Crippen LogP contribution < -0.4 is 5.32 Å². The van der Waals surface area contributed by atoms with Crippen molar-refractivity contribution in [3.8, 4) is 0 Å². The Morgan fingerprint density at radius 2 is 2.14 bits per heavy atom. The standard InChI is InChI=1S/C13H15BrN2O5/c1-3-6-15-12(17)8(2)21-13(18)9-4-5-10(14)11(7-9)16(19)20/h4-5,7-8H,3,6H2,1-2H3,(H,15,17). The van der Waals surface area contributed by atoms with Gasteiger partial charge in [0.15, 0.2) is 6.10 Å². The summed E-state index contributed by atoms with van der Waals surface area (Å²) in [6.07, 6.45) is -0.197. The van der Waals surface area contributed by atoms with Gasteiger partial charge in [0.1, 0.15) is 0 Å². The Labute approximate surface area is 129 Å². The molecule has 0 saturated carbocycles. The zero-order chi connectivity index (χ0) is 16.0. The van der Waals surface area contributed by atoms with Gasteiger partial charge < -0.3 is 10.1 Å². The quantitative estimate of drug-likeness (QED) is 0.478. The van der Waals surface area contributed by atoms with Crippen LogP contribution >= 0.6 is 15.9 Å². The van der Waals surface area contributed by atoms with Gasteiger partial charge in [-0.25, -0.2) is 4.79 Å². The fourth-order valence-corrected chi connectivity index (χ4v) is 1.85. The Bertz CT molecular complexity index is 561. The monoisotopic (exact) mass is 358 g/mol. The molecule has 0 aliphatic rings. The summed E-state index contributed by atoms with van der Waals surface area (Å²) in [6, 6.07) is 3.87. The number of hydrogen-bond acceptors (Lipinski definition) is 5. The van der Waals surface area contributed by atoms with Gasteiger partial charge in [0, 0.05) is 12.6 Å². The van der Waals surface area contributed by atoms with Crippen molar-refractivity contribution in [2.24, 2.45) is 0 Å². The molecule has 1 aromatic carbocycles. The molecule has 1 unspecified atom stereocenters. The van der Waals surface area contributed by atoms with Crippen molar-refractivity contribution in [3.05, 3.63) is 38.3 Å². The van der Waals surface area contributed by atoms with Crippen LogP contribution in [0.15, 0.2) is 22.7 Å². The molecule has 0 fully saturated rings. The van der Waals surface area contributed by atoms with E-state index in [-0.39, 0.29) is 15.7 Å². The fraction of sp³-hybridized carbons (Fsp3) is 0.385. The molecule has 0 aromatic heterocycles. The van der Waals surface area contributed by atoms with E-state index >= 15 is 0 Å². The molecule has 1 atom stereocenters. The van der Waals surface area contributed by atoms with Gasteiger partial charge >= 0.3 is 5.97 Å². The lowest BCUT2D eigenvalue weighted by Crippen LogP contribution is -2.36. The molecule has 0 spiro atoms. The van der Waals surface area contributed by atoms with Crippen LogP contribution in [0.4, 0.5) is 5.69 Å². The first-order valence-corrected chi connectivity index (χ1v) is 7.08. The number of nitrogens with zero attached hydrogens (tertiary/aromatic N) is 1. The summed E-state index contributed by atoms with van der Waals surface area (Å²) in [4.78, 5) is 33.7. The number of nitro groups is 1. The van der Waals surface area contributed by atoms with Crippen molar-refractivity contribution in [2.75, 3.05) is 6.54 Å². The van der Waals surface area contributed by atoms with Crippen LogP contribution in [0.25, 0.3) is 0 Å². The number of carbonyl (C=O) groups is 2. The van der Waals surface area contributed by atoms with Crippen LogP contribution in [-0.4, -0.2) is 29.4 Å². The van der Waals surface area contributed by atoms with Gasteiger partial charge in [0.2, 0.25) is 0 Å². The van der Waals surface area contributed by atoms with Crippen molar-refractivity contribution in [1.82, 2.24) is 5.32 Å². The smallest absolute Gasteiger partial charge is 0.339 e. The third-order valence-electron chi connectivity index (χ3n) is 2.58. The highest BCUT2D eigenvalue weighted by Crippen LogP contribution is 2.26. The van der Waals surface area contributed by atoms with Crippen LogP contribution in [0.2, 0.25) is 0 Å². The second-order valence-corrected chi connectivity index (χ2v) is 5.12. The van der Waals surface area contributed by atoms with E-state index in [1.165, 1.54) is 19.1 Å². The van der Waals surface area contributed by atoms with Gasteiger partial charge in [-0.3, -0.25) is 14.9 Å². The predicted octanol–water partition coefficient (Wildman–Crippen LogP) is 2.43. The van der Waals surface area contributed by atoms with Crippen molar-refractivity contribution >= 4 is 33.5 Å². The van der Waals surface area contributed by atoms with E-state index in [1.54, 1.807) is 0 Å². The molecule has 21 heavy (non-hydrogen) atoms. The Morgan fingerprint density at radius 3 is 2.71 bits per heavy atom. The molecule has 0 bridgehead atoms. The van der Waals surface area contributed by atoms with Crippen molar-refractivity contribution < 1.29 is 19.2 Å². The highest BCUT2D eigenvalue weighted by atomic mass is 79.9. The van der Waals surface area contributed by atoms with Crippen LogP contribution in [0.3, 0.4) is 0 Å². The minimum atomic E-state index is -0.966. The number of benzene rings is 1. The molecule has 1 aromatic rings. The first kappa shape index (κ1) is 17.1. The van der Waals surface area contributed by atoms with Gasteiger partial charge in [-0.15, -0.1) is 0 Å². The number of esters is 1. The second kappa shape index (κ2) is 7.72. The van der Waals surface area contributed by atoms with Crippen molar-refractivity contribution in [2.45, 2.75) is 26.4 Å². The molecule has 7 nitrogen and oxygen atoms in total. The molecule has 114 valence electrons. The highest BCUT2D eigenvalue weighted by Gasteiger charge is 2.21. The summed E-state index contributed by atoms with van der Waals surface area (Å²) in [7, 11) is 0. The Balaban J connectivity index is 2.78. The average Bonchev–Trinajstić information content (AvgIpc) is 2.44. The maximum atomic E-state index is 11.9. The van der Waals surface area contributed by atoms with Crippen LogP contribution in [0.1, 0.15) is 30.6 Å². The molecule has 8 heteroatoms. The van der Waals surface area contributed by atoms with E-state index in [2.05, 4.69) is 21.2 Å². The zero-order valence-corrected chi connectivity index (χ0v) is 13.2. The Kier molecular flexibility index (Phi) is 6.29. The fourth-order valence-electron chi connectivity index (χ4n) is 1.45. The maximum Gasteiger partial charge on any atom is 0.339 e. The van der Waals surface area contributed by atoms with Crippen LogP contribution in [0.5, 0.6) is 0 Å². The SMILES string of the molecule is CCCNC(=O)C(C)OC(=O)c1ccc(Br)c([N+](=O)[O-])c1. The largest absolute Gasteiger partial charge is 0.449 e. The summed E-state index contributed by atoms with van der Waals surface area (Å²) < 4.78 is 5.24. The molecule has 0 aliphatic carbocycles. The summed E-state index contributed by atoms with van der Waals surface area (Å²) in [5, 5.41) is 13.4. The molecule has 0 aliphatic heterocycles. The van der Waals surface area contributed by atoms with Gasteiger partial charge in [-0.2, -0.15) is 0 Å². The van der Waals surface area contributed by atoms with E-state index < -0.39 is 22.9 Å². The maximum absolute atomic E-state index is 11.9. The van der Waals surface area contributed by atoms with Gasteiger partial charge in [0.05, 0.1) is 15.0 Å². The number of halogens is 1. The zero-order valence-electron chi connectivity index (χ0n) is 11.6. The number of amides is 1. The van der Waals surface area contributed by atoms with Crippen molar-refractivity contribution in [1.29, 1.82) is 0 Å². The number of carbonyl (C=O) groups excluding carboxylic acids is 2. The third-order valence-corrected chi connectivity index (χ3v) is 3.25. The molecule has 0 saturated heterocycles. The number of nitro benzene ring substituents is 1. The number of rotatable bonds is 6. The van der Waals surface area contributed by atoms with Gasteiger partial charge in [-0.05, 0) is 41.4 Å². The summed E-state index contributed by atoms with van der Waals surface area (Å²) in [5.74, 6) is -1.19. The first-order chi connectivity index (χ1) is 9.86. The molecule has 1 rings (SSSR count). The van der Waals surface area contributed by atoms with E-state index in [1.807, 2.05) is 6.92 Å². The number of ether oxygens (including phenoxy) is 1. The van der Waals surface area contributed by atoms with E-state index in [0.717, 1.165) is 12.5 Å². The average molecular weight is 359 g/mol. The molecule has 0 heterocycles. The lowest BCUT2D eigenvalue weighted by Gasteiger charge is -2.13. The predicted molar refractivity (Wildman–Crippen MR) is 79.0 cm³/mol. The molecule has 1 amide bonds. The lowest BCUT2D eigenvalue weighted by atomic mass is 10.2. The topological polar surface area (TPSA) is 98.5 Å². The number of hydrogen-bond donors (Lipinski definition) is 1. The molecule has 1 N–H and O–H groups in total. The Hall–Kier alpha value is -1.96. The third kappa shape index (κ3) is 4.82. The van der Waals surface area contributed by atoms with Crippen molar-refractivity contribution in [3.63, 3.8) is 0 Å². The molecular formula is C13H15BrN2O5. The number of nitrogens with one attached hydrogen (secondary N) is 1. The molecule has 0 radical (unpaired) electrons. The van der Waals surface area contributed by atoms with E-state index in [0.29, 0.717) is 6.54 Å². The van der Waals surface area contributed by atoms with Gasteiger partial charge in [-0.1, -0.05) is 6.92 Å². The molecular weight excluding hydrogens is 344 g/mol.